The normalized spacial score (nSPS) is 12.6. The zero-order valence-electron chi connectivity index (χ0n) is 98.3. The van der Waals surface area contributed by atoms with E-state index >= 15 is 0 Å². The third kappa shape index (κ3) is 147. The molecule has 0 rings (SSSR count). The molecule has 20 nitrogen and oxygen atoms in total. The van der Waals surface area contributed by atoms with Gasteiger partial charge in [0.25, 0.3) is 0 Å². The summed E-state index contributed by atoms with van der Waals surface area (Å²) >= 11 is 0. The van der Waals surface area contributed by atoms with E-state index in [1.807, 2.05) is 41.5 Å². The van der Waals surface area contributed by atoms with E-state index in [1.54, 1.807) is 0 Å². The molecule has 148 heavy (non-hydrogen) atoms. The second kappa shape index (κ2) is 138. The fourth-order valence-corrected chi connectivity index (χ4v) is 15.6. The van der Waals surface area contributed by atoms with Crippen molar-refractivity contribution in [3.63, 3.8) is 0 Å². The highest BCUT2D eigenvalue weighted by molar-refractivity contribution is 5.71. The van der Waals surface area contributed by atoms with Crippen LogP contribution >= 0.6 is 0 Å². The van der Waals surface area contributed by atoms with Gasteiger partial charge in [0.05, 0.1) is 39.6 Å². The van der Waals surface area contributed by atoms with Crippen LogP contribution in [0.3, 0.4) is 0 Å². The summed E-state index contributed by atoms with van der Waals surface area (Å²) in [5.41, 5.74) is 0. The third-order valence-electron chi connectivity index (χ3n) is 26.0. The number of allylic oxidation sites excluding steroid dienone is 12. The highest BCUT2D eigenvalue weighted by atomic mass is 16.6. The van der Waals surface area contributed by atoms with Gasteiger partial charge in [0.2, 0.25) is 0 Å². The van der Waals surface area contributed by atoms with Crippen molar-refractivity contribution in [3.8, 4) is 0 Å². The Hall–Kier alpha value is -5.06. The number of carbonyl (C=O) groups is 6. The van der Waals surface area contributed by atoms with Crippen molar-refractivity contribution in [2.24, 2.45) is 35.5 Å². The second-order valence-corrected chi connectivity index (χ2v) is 42.6. The average molecular weight is 2100 g/mol. The third-order valence-corrected chi connectivity index (χ3v) is 26.0. The fourth-order valence-electron chi connectivity index (χ4n) is 15.6. The summed E-state index contributed by atoms with van der Waals surface area (Å²) in [6.07, 6.45) is 121. The first-order valence-corrected chi connectivity index (χ1v) is 61.9. The van der Waals surface area contributed by atoms with Gasteiger partial charge in [-0.2, -0.15) is 0 Å². The molecule has 0 spiro atoms. The van der Waals surface area contributed by atoms with E-state index in [1.165, 1.54) is 360 Å². The number of carbonyl (C=O) groups excluding carboxylic acids is 6. The van der Waals surface area contributed by atoms with E-state index in [0.29, 0.717) is 91.4 Å². The van der Waals surface area contributed by atoms with Gasteiger partial charge in [0, 0.05) is 127 Å². The number of ether oxygens (including phenoxy) is 6. The number of rotatable bonds is 106. The van der Waals surface area contributed by atoms with Gasteiger partial charge in [-0.15, -0.1) is 0 Å². The topological polar surface area (TPSA) is 320 Å². The van der Waals surface area contributed by atoms with Gasteiger partial charge >= 0.3 is 35.8 Å². The lowest BCUT2D eigenvalue weighted by Crippen LogP contribution is -2.14. The molecule has 6 unspecified atom stereocenters. The Labute approximate surface area is 912 Å². The molecular formula is C128H244O20. The Kier molecular flexibility index (Phi) is 143. The highest BCUT2D eigenvalue weighted by Gasteiger charge is 2.14. The monoisotopic (exact) mass is 2100 g/mol. The molecule has 0 saturated carbocycles. The van der Waals surface area contributed by atoms with Crippen LogP contribution in [0.2, 0.25) is 0 Å². The zero-order chi connectivity index (χ0) is 110. The SMILES string of the molecule is CC(CO)COC(=O)CCCCCCC/C=C/CCCCCCCCO.CC(CO)COC(=O)CCCCCCC/C=C\CCCCCCCCO.CCCCCC/C=C/CCCCCCCC(=O)OCC(C)CO.CCCCCC/C=C\CCCCCCCC(=O)OCC(C)CO.CCCCCCCC/C=C/CCCCCCCC(=O)OCC(C)CO.CCCCCCCC/C=C\CCCCCCCC(=O)OCC(C)CO. The Morgan fingerprint density at radius 2 is 0.257 bits per heavy atom. The quantitative estimate of drug-likeness (QED) is 0.0121. The highest BCUT2D eigenvalue weighted by Crippen LogP contribution is 2.20. The van der Waals surface area contributed by atoms with E-state index in [0.717, 1.165) is 116 Å². The van der Waals surface area contributed by atoms with Crippen molar-refractivity contribution >= 4 is 35.8 Å². The molecule has 0 aromatic carbocycles. The van der Waals surface area contributed by atoms with Gasteiger partial charge in [-0.1, -0.05) is 412 Å². The standard InChI is InChI=1S/2C22H42O4.2C22H42O3.2C20H38O3/c2*1-21(19-24)20-26-22(25)17-15-13-11-9-7-5-3-2-4-6-8-10-12-14-16-18-23;2*1-3-4-5-6-7-8-9-10-11-12-13-14-15-16-17-18-22(24)25-20-21(2)19-23;2*1-3-4-5-6-7-8-9-10-11-12-13-14-15-16-20(22)23-18-19(2)17-21/h2*2-3,21,23-24H,4-20H2,1H3;2*10-11,21,23H,3-9,12-20H2,1-2H3;2*8-9,19,21H,3-7,10-18H2,1-2H3/b3-2+;3-2-;11-10+;11-10-;9-8+;9-8-. The number of hydrogen-bond donors (Lipinski definition) is 8. The van der Waals surface area contributed by atoms with E-state index in [-0.39, 0.29) is 111 Å². The van der Waals surface area contributed by atoms with Crippen LogP contribution in [0.1, 0.15) is 583 Å². The average Bonchev–Trinajstić information content (AvgIpc) is 1.04. The molecule has 6 atom stereocenters. The maximum Gasteiger partial charge on any atom is 0.305 e. The molecule has 0 heterocycles. The van der Waals surface area contributed by atoms with Crippen molar-refractivity contribution in [2.75, 3.05) is 92.5 Å². The molecule has 0 aliphatic heterocycles. The molecule has 876 valence electrons. The summed E-state index contributed by atoms with van der Waals surface area (Å²) in [7, 11) is 0. The smallest absolute Gasteiger partial charge is 0.305 e. The lowest BCUT2D eigenvalue weighted by molar-refractivity contribution is -0.146. The lowest BCUT2D eigenvalue weighted by Gasteiger charge is -2.08. The number of hydrogen-bond acceptors (Lipinski definition) is 20. The van der Waals surface area contributed by atoms with Crippen LogP contribution in [0.25, 0.3) is 0 Å². The second-order valence-electron chi connectivity index (χ2n) is 42.6. The molecule has 0 saturated heterocycles. The van der Waals surface area contributed by atoms with Crippen molar-refractivity contribution in [1.82, 2.24) is 0 Å². The van der Waals surface area contributed by atoms with Crippen LogP contribution in [-0.4, -0.2) is 169 Å². The fraction of sp³-hybridized carbons (Fsp3) is 0.859. The van der Waals surface area contributed by atoms with Gasteiger partial charge in [-0.3, -0.25) is 28.8 Å². The van der Waals surface area contributed by atoms with Gasteiger partial charge in [-0.25, -0.2) is 0 Å². The number of esters is 6. The van der Waals surface area contributed by atoms with Crippen molar-refractivity contribution < 1.29 is 98.0 Å². The number of unbranched alkanes of at least 4 members (excludes halogenated alkanes) is 62. The Morgan fingerprint density at radius 3 is 0.372 bits per heavy atom. The summed E-state index contributed by atoms with van der Waals surface area (Å²) in [6, 6.07) is 0. The molecule has 8 N–H and O–H groups in total. The molecule has 20 heteroatoms. The van der Waals surface area contributed by atoms with E-state index in [9.17, 15) is 28.8 Å². The molecule has 0 aliphatic carbocycles. The number of aliphatic hydroxyl groups is 8. The summed E-state index contributed by atoms with van der Waals surface area (Å²) in [5.74, 6) is -0.562. The minimum Gasteiger partial charge on any atom is -0.465 e. The largest absolute Gasteiger partial charge is 0.465 e. The van der Waals surface area contributed by atoms with Crippen LogP contribution in [0.4, 0.5) is 0 Å². The lowest BCUT2D eigenvalue weighted by atomic mass is 10.1. The van der Waals surface area contributed by atoms with E-state index in [4.69, 9.17) is 69.3 Å². The Bertz CT molecular complexity index is 2620. The maximum absolute atomic E-state index is 11.5. The van der Waals surface area contributed by atoms with Gasteiger partial charge in [-0.05, 0) is 205 Å². The predicted octanol–water partition coefficient (Wildman–Crippen LogP) is 33.6. The summed E-state index contributed by atoms with van der Waals surface area (Å²) in [6.45, 7) is 23.3. The first-order valence-electron chi connectivity index (χ1n) is 61.9. The summed E-state index contributed by atoms with van der Waals surface area (Å²) in [5, 5.41) is 70.6. The van der Waals surface area contributed by atoms with Crippen LogP contribution < -0.4 is 0 Å². The molecule has 0 radical (unpaired) electrons. The Morgan fingerprint density at radius 1 is 0.155 bits per heavy atom. The van der Waals surface area contributed by atoms with Crippen LogP contribution in [-0.2, 0) is 57.2 Å². The predicted molar refractivity (Wildman–Crippen MR) is 624 cm³/mol. The minimum atomic E-state index is -0.137. The van der Waals surface area contributed by atoms with Crippen molar-refractivity contribution in [3.05, 3.63) is 72.9 Å². The molecular weight excluding hydrogens is 1860 g/mol. The summed E-state index contributed by atoms with van der Waals surface area (Å²) < 4.78 is 30.6. The molecule has 0 amide bonds. The number of aliphatic hydroxyl groups excluding tert-OH is 8. The first kappa shape index (κ1) is 154. The van der Waals surface area contributed by atoms with E-state index in [2.05, 4.69) is 101 Å². The maximum atomic E-state index is 11.5. The molecule has 0 aromatic heterocycles. The Balaban J connectivity index is -0.000000409. The van der Waals surface area contributed by atoms with Gasteiger partial charge in [0.1, 0.15) is 0 Å². The van der Waals surface area contributed by atoms with Gasteiger partial charge < -0.3 is 69.3 Å². The zero-order valence-corrected chi connectivity index (χ0v) is 98.3. The van der Waals surface area contributed by atoms with Crippen LogP contribution in [0.15, 0.2) is 72.9 Å². The van der Waals surface area contributed by atoms with Crippen LogP contribution in [0, 0.1) is 35.5 Å². The van der Waals surface area contributed by atoms with Crippen LogP contribution in [0.5, 0.6) is 0 Å². The molecule has 0 aliphatic rings. The minimum absolute atomic E-state index is 0.0314. The van der Waals surface area contributed by atoms with Crippen molar-refractivity contribution in [2.45, 2.75) is 583 Å². The van der Waals surface area contributed by atoms with Gasteiger partial charge in [0.15, 0.2) is 0 Å². The molecule has 0 fully saturated rings. The molecule has 0 aromatic rings. The van der Waals surface area contributed by atoms with E-state index < -0.39 is 0 Å². The molecule has 0 bridgehead atoms. The van der Waals surface area contributed by atoms with Crippen molar-refractivity contribution in [1.29, 1.82) is 0 Å². The first-order chi connectivity index (χ1) is 72.2. The summed E-state index contributed by atoms with van der Waals surface area (Å²) in [4.78, 5) is 68.8.